The monoisotopic (exact) mass is 253 g/mol. The third-order valence-electron chi connectivity index (χ3n) is 3.59. The molecule has 0 bridgehead atoms. The molecule has 0 amide bonds. The molecule has 0 spiro atoms. The van der Waals surface area contributed by atoms with Crippen LogP contribution >= 0.6 is 11.6 Å². The van der Waals surface area contributed by atoms with E-state index < -0.39 is 0 Å². The number of phenolic OH excluding ortho intramolecular Hbond substituents is 1. The molecule has 17 heavy (non-hydrogen) atoms. The number of anilines is 1. The Morgan fingerprint density at radius 2 is 2.24 bits per heavy atom. The summed E-state index contributed by atoms with van der Waals surface area (Å²) in [4.78, 5) is 0. The Labute approximate surface area is 108 Å². The predicted octanol–water partition coefficient (Wildman–Crippen LogP) is 4.28. The molecule has 1 aromatic rings. The van der Waals surface area contributed by atoms with Crippen LogP contribution in [0.3, 0.4) is 0 Å². The Morgan fingerprint density at radius 3 is 2.94 bits per heavy atom. The maximum atomic E-state index is 9.34. The van der Waals surface area contributed by atoms with Crippen LogP contribution in [-0.2, 0) is 0 Å². The van der Waals surface area contributed by atoms with Crippen LogP contribution in [-0.4, -0.2) is 11.7 Å². The van der Waals surface area contributed by atoms with Crippen LogP contribution < -0.4 is 5.32 Å². The molecule has 1 saturated carbocycles. The lowest BCUT2D eigenvalue weighted by atomic mass is 9.82. The molecule has 0 saturated heterocycles. The maximum Gasteiger partial charge on any atom is 0.134 e. The maximum absolute atomic E-state index is 9.34. The molecule has 2 nitrogen and oxygen atoms in total. The number of phenols is 1. The topological polar surface area (TPSA) is 32.3 Å². The molecule has 0 radical (unpaired) electrons. The van der Waals surface area contributed by atoms with Gasteiger partial charge in [-0.25, -0.2) is 0 Å². The van der Waals surface area contributed by atoms with Crippen LogP contribution in [0.2, 0.25) is 5.02 Å². The van der Waals surface area contributed by atoms with Gasteiger partial charge in [0.1, 0.15) is 5.75 Å². The van der Waals surface area contributed by atoms with Crippen molar-refractivity contribution in [2.24, 2.45) is 11.8 Å². The van der Waals surface area contributed by atoms with Crippen molar-refractivity contribution < 1.29 is 5.11 Å². The lowest BCUT2D eigenvalue weighted by molar-refractivity contribution is 0.293. The number of rotatable bonds is 3. The van der Waals surface area contributed by atoms with E-state index in [1.165, 1.54) is 25.7 Å². The van der Waals surface area contributed by atoms with Gasteiger partial charge in [-0.2, -0.15) is 0 Å². The zero-order valence-electron chi connectivity index (χ0n) is 10.2. The molecule has 0 aromatic heterocycles. The van der Waals surface area contributed by atoms with E-state index in [1.807, 2.05) is 6.07 Å². The number of hydrogen-bond donors (Lipinski definition) is 2. The molecule has 0 aliphatic heterocycles. The van der Waals surface area contributed by atoms with Crippen LogP contribution in [0.5, 0.6) is 5.75 Å². The summed E-state index contributed by atoms with van der Waals surface area (Å²) in [6.45, 7) is 3.34. The van der Waals surface area contributed by atoms with Crippen LogP contribution in [0, 0.1) is 11.8 Å². The molecule has 2 unspecified atom stereocenters. The molecule has 94 valence electrons. The highest BCUT2D eigenvalue weighted by Crippen LogP contribution is 2.30. The van der Waals surface area contributed by atoms with Crippen molar-refractivity contribution in [2.75, 3.05) is 11.9 Å². The number of nitrogens with one attached hydrogen (secondary N) is 1. The molecule has 2 rings (SSSR count). The quantitative estimate of drug-likeness (QED) is 0.788. The third-order valence-corrected chi connectivity index (χ3v) is 3.89. The van der Waals surface area contributed by atoms with Crippen LogP contribution in [0.4, 0.5) is 5.69 Å². The fourth-order valence-corrected chi connectivity index (χ4v) is 2.80. The summed E-state index contributed by atoms with van der Waals surface area (Å²) in [5, 5.41) is 13.2. The Kier molecular flexibility index (Phi) is 4.16. The van der Waals surface area contributed by atoms with E-state index in [0.29, 0.717) is 5.02 Å². The van der Waals surface area contributed by atoms with Gasteiger partial charge in [0.25, 0.3) is 0 Å². The van der Waals surface area contributed by atoms with Crippen molar-refractivity contribution in [3.8, 4) is 5.75 Å². The summed E-state index contributed by atoms with van der Waals surface area (Å²) in [6.07, 6.45) is 5.37. The first-order valence-corrected chi connectivity index (χ1v) is 6.75. The average Bonchev–Trinajstić information content (AvgIpc) is 2.31. The lowest BCUT2D eigenvalue weighted by Gasteiger charge is -2.27. The first kappa shape index (κ1) is 12.6. The molecule has 1 aliphatic rings. The molecule has 3 heteroatoms. The zero-order chi connectivity index (χ0) is 12.3. The highest BCUT2D eigenvalue weighted by atomic mass is 35.5. The van der Waals surface area contributed by atoms with Gasteiger partial charge in [0.2, 0.25) is 0 Å². The second kappa shape index (κ2) is 5.63. The van der Waals surface area contributed by atoms with Gasteiger partial charge in [-0.05, 0) is 42.9 Å². The minimum Gasteiger partial charge on any atom is -0.506 e. The summed E-state index contributed by atoms with van der Waals surface area (Å²) >= 11 is 5.87. The lowest BCUT2D eigenvalue weighted by Crippen LogP contribution is -2.20. The SMILES string of the molecule is CC1CCCC(CNc2ccc(O)c(Cl)c2)C1. The van der Waals surface area contributed by atoms with E-state index in [-0.39, 0.29) is 5.75 Å². The van der Waals surface area contributed by atoms with Gasteiger partial charge in [-0.15, -0.1) is 0 Å². The highest BCUT2D eigenvalue weighted by molar-refractivity contribution is 6.32. The number of hydrogen-bond acceptors (Lipinski definition) is 2. The Bertz CT molecular complexity index is 380. The minimum absolute atomic E-state index is 0.142. The average molecular weight is 254 g/mol. The molecular formula is C14H20ClNO. The largest absolute Gasteiger partial charge is 0.506 e. The van der Waals surface area contributed by atoms with Crippen molar-refractivity contribution in [1.82, 2.24) is 0 Å². The second-order valence-corrected chi connectivity index (χ2v) is 5.59. The van der Waals surface area contributed by atoms with E-state index in [4.69, 9.17) is 11.6 Å². The normalized spacial score (nSPS) is 24.6. The summed E-state index contributed by atoms with van der Waals surface area (Å²) in [5.74, 6) is 1.77. The minimum atomic E-state index is 0.142. The predicted molar refractivity (Wildman–Crippen MR) is 72.7 cm³/mol. The summed E-state index contributed by atoms with van der Waals surface area (Å²) in [7, 11) is 0. The van der Waals surface area contributed by atoms with Crippen LogP contribution in [0.1, 0.15) is 32.6 Å². The summed E-state index contributed by atoms with van der Waals surface area (Å²) < 4.78 is 0. The number of aromatic hydroxyl groups is 1. The van der Waals surface area contributed by atoms with Gasteiger partial charge < -0.3 is 10.4 Å². The smallest absolute Gasteiger partial charge is 0.134 e. The van der Waals surface area contributed by atoms with Gasteiger partial charge in [0, 0.05) is 12.2 Å². The van der Waals surface area contributed by atoms with Gasteiger partial charge in [0.05, 0.1) is 5.02 Å². The first-order chi connectivity index (χ1) is 8.15. The van der Waals surface area contributed by atoms with E-state index in [1.54, 1.807) is 12.1 Å². The number of halogens is 1. The molecule has 0 heterocycles. The first-order valence-electron chi connectivity index (χ1n) is 6.37. The summed E-state index contributed by atoms with van der Waals surface area (Å²) in [6, 6.07) is 5.28. The van der Waals surface area contributed by atoms with Gasteiger partial charge >= 0.3 is 0 Å². The highest BCUT2D eigenvalue weighted by Gasteiger charge is 2.18. The molecule has 1 fully saturated rings. The fourth-order valence-electron chi connectivity index (χ4n) is 2.62. The Hall–Kier alpha value is -0.890. The van der Waals surface area contributed by atoms with Gasteiger partial charge in [-0.1, -0.05) is 31.4 Å². The second-order valence-electron chi connectivity index (χ2n) is 5.18. The molecule has 2 N–H and O–H groups in total. The van der Waals surface area contributed by atoms with E-state index in [2.05, 4.69) is 12.2 Å². The van der Waals surface area contributed by atoms with Gasteiger partial charge in [-0.3, -0.25) is 0 Å². The van der Waals surface area contributed by atoms with Crippen LogP contribution in [0.25, 0.3) is 0 Å². The van der Waals surface area contributed by atoms with Crippen LogP contribution in [0.15, 0.2) is 18.2 Å². The standard InChI is InChI=1S/C14H20ClNO/c1-10-3-2-4-11(7-10)9-16-12-5-6-14(17)13(15)8-12/h5-6,8,10-11,16-17H,2-4,7,9H2,1H3. The third kappa shape index (κ3) is 3.53. The van der Waals surface area contributed by atoms with E-state index in [0.717, 1.165) is 24.1 Å². The molecule has 2 atom stereocenters. The van der Waals surface area contributed by atoms with E-state index in [9.17, 15) is 5.11 Å². The van der Waals surface area contributed by atoms with E-state index >= 15 is 0 Å². The van der Waals surface area contributed by atoms with Gasteiger partial charge in [0.15, 0.2) is 0 Å². The zero-order valence-corrected chi connectivity index (χ0v) is 11.0. The molecular weight excluding hydrogens is 234 g/mol. The van der Waals surface area contributed by atoms with Crippen molar-refractivity contribution in [2.45, 2.75) is 32.6 Å². The Morgan fingerprint density at radius 1 is 1.41 bits per heavy atom. The van der Waals surface area contributed by atoms with Crippen molar-refractivity contribution in [1.29, 1.82) is 0 Å². The fraction of sp³-hybridized carbons (Fsp3) is 0.571. The number of benzene rings is 1. The molecule has 1 aromatic carbocycles. The summed E-state index contributed by atoms with van der Waals surface area (Å²) in [5.41, 5.74) is 0.992. The Balaban J connectivity index is 1.86. The van der Waals surface area contributed by atoms with Crippen molar-refractivity contribution >= 4 is 17.3 Å². The van der Waals surface area contributed by atoms with Crippen molar-refractivity contribution in [3.05, 3.63) is 23.2 Å². The van der Waals surface area contributed by atoms with Crippen molar-refractivity contribution in [3.63, 3.8) is 0 Å². The molecule has 1 aliphatic carbocycles.